The van der Waals surface area contributed by atoms with Gasteiger partial charge in [0, 0.05) is 12.0 Å². The molecule has 1 heterocycles. The molecule has 0 amide bonds. The van der Waals surface area contributed by atoms with Crippen molar-refractivity contribution >= 4 is 0 Å². The van der Waals surface area contributed by atoms with Gasteiger partial charge in [-0.1, -0.05) is 48.0 Å². The number of nitrogens with two attached hydrogens (primary N) is 1. The third-order valence-corrected chi connectivity index (χ3v) is 4.17. The molecule has 0 aliphatic carbocycles. The van der Waals surface area contributed by atoms with Crippen molar-refractivity contribution in [3.63, 3.8) is 0 Å². The zero-order valence-electron chi connectivity index (χ0n) is 11.9. The van der Waals surface area contributed by atoms with Crippen molar-refractivity contribution in [1.29, 1.82) is 0 Å². The fraction of sp³-hybridized carbons (Fsp3) is 0.333. The molecular formula is C18H21NO. The lowest BCUT2D eigenvalue weighted by atomic mass is 9.75. The minimum absolute atomic E-state index is 0.0160. The van der Waals surface area contributed by atoms with E-state index in [4.69, 9.17) is 10.5 Å². The second-order valence-electron chi connectivity index (χ2n) is 5.94. The molecule has 0 fully saturated rings. The van der Waals surface area contributed by atoms with E-state index in [1.165, 1.54) is 16.7 Å². The molecule has 0 aromatic heterocycles. The molecule has 3 rings (SSSR count). The van der Waals surface area contributed by atoms with Crippen LogP contribution in [0.4, 0.5) is 0 Å². The van der Waals surface area contributed by atoms with E-state index in [2.05, 4.69) is 43.3 Å². The Morgan fingerprint density at radius 2 is 2.00 bits per heavy atom. The third-order valence-electron chi connectivity index (χ3n) is 4.17. The van der Waals surface area contributed by atoms with Crippen LogP contribution in [0.2, 0.25) is 0 Å². The van der Waals surface area contributed by atoms with E-state index in [1.54, 1.807) is 0 Å². The summed E-state index contributed by atoms with van der Waals surface area (Å²) in [5.74, 6) is 1.01. The summed E-state index contributed by atoms with van der Waals surface area (Å²) in [6.45, 7) is 3.48. The van der Waals surface area contributed by atoms with E-state index in [1.807, 2.05) is 12.1 Å². The minimum atomic E-state index is 0.0160. The average molecular weight is 267 g/mol. The lowest BCUT2D eigenvalue weighted by molar-refractivity contribution is 0.126. The first-order valence-corrected chi connectivity index (χ1v) is 7.17. The number of hydrogen-bond donors (Lipinski definition) is 1. The fourth-order valence-corrected chi connectivity index (χ4v) is 3.05. The normalized spacial score (nSPS) is 21.1. The van der Waals surface area contributed by atoms with Crippen LogP contribution in [0.5, 0.6) is 5.75 Å². The average Bonchev–Trinajstić information content (AvgIpc) is 2.47. The van der Waals surface area contributed by atoms with Crippen molar-refractivity contribution in [1.82, 2.24) is 0 Å². The number of aryl methyl sites for hydroxylation is 1. The number of para-hydroxylation sites is 1. The van der Waals surface area contributed by atoms with Gasteiger partial charge in [-0.3, -0.25) is 0 Å². The molecular weight excluding hydrogens is 246 g/mol. The molecule has 0 spiro atoms. The van der Waals surface area contributed by atoms with E-state index in [9.17, 15) is 0 Å². The van der Waals surface area contributed by atoms with Crippen molar-refractivity contribution in [3.05, 3.63) is 65.2 Å². The zero-order chi connectivity index (χ0) is 14.0. The molecule has 1 unspecified atom stereocenters. The second kappa shape index (κ2) is 5.29. The lowest BCUT2D eigenvalue weighted by Gasteiger charge is -2.37. The van der Waals surface area contributed by atoms with E-state index >= 15 is 0 Å². The van der Waals surface area contributed by atoms with Crippen molar-refractivity contribution in [3.8, 4) is 5.75 Å². The van der Waals surface area contributed by atoms with Gasteiger partial charge >= 0.3 is 0 Å². The summed E-state index contributed by atoms with van der Waals surface area (Å²) in [5.41, 5.74) is 10.0. The Morgan fingerprint density at radius 3 is 2.80 bits per heavy atom. The fourth-order valence-electron chi connectivity index (χ4n) is 3.05. The summed E-state index contributed by atoms with van der Waals surface area (Å²) in [7, 11) is 0. The largest absolute Gasteiger partial charge is 0.493 e. The van der Waals surface area contributed by atoms with Crippen molar-refractivity contribution in [2.75, 3.05) is 13.2 Å². The predicted molar refractivity (Wildman–Crippen MR) is 82.0 cm³/mol. The molecule has 1 atom stereocenters. The molecule has 20 heavy (non-hydrogen) atoms. The highest BCUT2D eigenvalue weighted by Gasteiger charge is 2.34. The van der Waals surface area contributed by atoms with Crippen LogP contribution in [0, 0.1) is 12.3 Å². The van der Waals surface area contributed by atoms with Gasteiger partial charge in [-0.2, -0.15) is 0 Å². The van der Waals surface area contributed by atoms with Gasteiger partial charge in [0.25, 0.3) is 0 Å². The molecule has 1 aliphatic rings. The molecule has 0 saturated carbocycles. The standard InChI is InChI=1S/C18H21NO/c1-14-5-4-6-15(9-14)10-18(12-19)11-16-7-2-3-8-17(16)20-13-18/h2-9H,10-13,19H2,1H3. The molecule has 0 radical (unpaired) electrons. The number of fused-ring (bicyclic) bond motifs is 1. The van der Waals surface area contributed by atoms with Crippen LogP contribution >= 0.6 is 0 Å². The number of rotatable bonds is 3. The first kappa shape index (κ1) is 13.2. The van der Waals surface area contributed by atoms with Crippen LogP contribution in [0.15, 0.2) is 48.5 Å². The molecule has 2 aromatic carbocycles. The van der Waals surface area contributed by atoms with Gasteiger partial charge < -0.3 is 10.5 Å². The van der Waals surface area contributed by atoms with Gasteiger partial charge in [-0.15, -0.1) is 0 Å². The molecule has 104 valence electrons. The second-order valence-corrected chi connectivity index (χ2v) is 5.94. The summed E-state index contributed by atoms with van der Waals surface area (Å²) in [4.78, 5) is 0. The van der Waals surface area contributed by atoms with Crippen molar-refractivity contribution in [2.24, 2.45) is 11.1 Å². The molecule has 0 saturated heterocycles. The maximum absolute atomic E-state index is 6.10. The summed E-state index contributed by atoms with van der Waals surface area (Å²) in [6, 6.07) is 17.0. The van der Waals surface area contributed by atoms with Crippen molar-refractivity contribution in [2.45, 2.75) is 19.8 Å². The van der Waals surface area contributed by atoms with E-state index in [0.717, 1.165) is 18.6 Å². The number of ether oxygens (including phenoxy) is 1. The van der Waals surface area contributed by atoms with Gasteiger partial charge in [0.05, 0.1) is 6.61 Å². The summed E-state index contributed by atoms with van der Waals surface area (Å²) in [6.07, 6.45) is 1.97. The number of hydrogen-bond acceptors (Lipinski definition) is 2. The van der Waals surface area contributed by atoms with Crippen LogP contribution in [-0.2, 0) is 12.8 Å². The van der Waals surface area contributed by atoms with Crippen LogP contribution in [0.1, 0.15) is 16.7 Å². The summed E-state index contributed by atoms with van der Waals surface area (Å²) in [5, 5.41) is 0. The summed E-state index contributed by atoms with van der Waals surface area (Å²) < 4.78 is 5.95. The lowest BCUT2D eigenvalue weighted by Crippen LogP contribution is -2.43. The zero-order valence-corrected chi connectivity index (χ0v) is 11.9. The van der Waals surface area contributed by atoms with Crippen molar-refractivity contribution < 1.29 is 4.74 Å². The first-order chi connectivity index (χ1) is 9.71. The van der Waals surface area contributed by atoms with Gasteiger partial charge in [0.15, 0.2) is 0 Å². The van der Waals surface area contributed by atoms with Crippen LogP contribution in [0.25, 0.3) is 0 Å². The molecule has 2 N–H and O–H groups in total. The van der Waals surface area contributed by atoms with E-state index < -0.39 is 0 Å². The Hall–Kier alpha value is -1.80. The smallest absolute Gasteiger partial charge is 0.122 e. The Balaban J connectivity index is 1.86. The van der Waals surface area contributed by atoms with Crippen LogP contribution < -0.4 is 10.5 Å². The molecule has 2 nitrogen and oxygen atoms in total. The van der Waals surface area contributed by atoms with E-state index in [-0.39, 0.29) is 5.41 Å². The topological polar surface area (TPSA) is 35.2 Å². The van der Waals surface area contributed by atoms with Gasteiger partial charge in [-0.25, -0.2) is 0 Å². The van der Waals surface area contributed by atoms with E-state index in [0.29, 0.717) is 13.2 Å². The Morgan fingerprint density at radius 1 is 1.15 bits per heavy atom. The van der Waals surface area contributed by atoms with Crippen LogP contribution in [-0.4, -0.2) is 13.2 Å². The van der Waals surface area contributed by atoms with Gasteiger partial charge in [0.2, 0.25) is 0 Å². The molecule has 2 heteroatoms. The highest BCUT2D eigenvalue weighted by Crippen LogP contribution is 2.36. The number of benzene rings is 2. The maximum Gasteiger partial charge on any atom is 0.122 e. The van der Waals surface area contributed by atoms with Crippen LogP contribution in [0.3, 0.4) is 0 Å². The Kier molecular flexibility index (Phi) is 3.49. The maximum atomic E-state index is 6.10. The Labute approximate surface area is 120 Å². The third kappa shape index (κ3) is 2.56. The quantitative estimate of drug-likeness (QED) is 0.927. The molecule has 0 bridgehead atoms. The van der Waals surface area contributed by atoms with Gasteiger partial charge in [0.1, 0.15) is 5.75 Å². The molecule has 1 aliphatic heterocycles. The minimum Gasteiger partial charge on any atom is -0.493 e. The predicted octanol–water partition coefficient (Wildman–Crippen LogP) is 3.12. The van der Waals surface area contributed by atoms with Gasteiger partial charge in [-0.05, 0) is 37.0 Å². The Bertz CT molecular complexity index is 608. The summed E-state index contributed by atoms with van der Waals surface area (Å²) >= 11 is 0. The molecule has 2 aromatic rings. The highest BCUT2D eigenvalue weighted by atomic mass is 16.5. The SMILES string of the molecule is Cc1cccc(CC2(CN)COc3ccccc3C2)c1. The monoisotopic (exact) mass is 267 g/mol. The first-order valence-electron chi connectivity index (χ1n) is 7.17. The highest BCUT2D eigenvalue weighted by molar-refractivity contribution is 5.37.